The molecule has 0 saturated carbocycles. The molecule has 10 rings (SSSR count). The van der Waals surface area contributed by atoms with Crippen LogP contribution in [0.5, 0.6) is 11.5 Å². The normalized spacial score (nSPS) is 14.2. The first-order valence-corrected chi connectivity index (χ1v) is 22.0. The van der Waals surface area contributed by atoms with Gasteiger partial charge in [0.1, 0.15) is 5.82 Å². The van der Waals surface area contributed by atoms with E-state index in [-0.39, 0.29) is 43.2 Å². The van der Waals surface area contributed by atoms with E-state index in [1.165, 1.54) is 0 Å². The van der Waals surface area contributed by atoms with Crippen molar-refractivity contribution >= 4 is 32.8 Å². The largest absolute Gasteiger partial charge is 0.510 e. The van der Waals surface area contributed by atoms with Gasteiger partial charge in [0, 0.05) is 49.8 Å². The van der Waals surface area contributed by atoms with Crippen LogP contribution in [0.1, 0.15) is 77.5 Å². The molecule has 0 amide bonds. The Kier molecular flexibility index (Phi) is 9.68. The summed E-state index contributed by atoms with van der Waals surface area (Å²) in [6.07, 6.45) is 1.66. The van der Waals surface area contributed by atoms with Crippen LogP contribution < -0.4 is 9.30 Å². The second-order valence-corrected chi connectivity index (χ2v) is 18.0. The number of fused-ring (bicyclic) bond motifs is 4. The van der Waals surface area contributed by atoms with Crippen LogP contribution in [0.3, 0.4) is 0 Å². The smallest absolute Gasteiger partial charge is 0.268 e. The van der Waals surface area contributed by atoms with Gasteiger partial charge in [-0.1, -0.05) is 163 Å². The Labute approximate surface area is 416 Å². The third kappa shape index (κ3) is 8.77. The summed E-state index contributed by atoms with van der Waals surface area (Å²) in [5.41, 5.74) is 6.89. The van der Waals surface area contributed by atoms with Gasteiger partial charge in [0.25, 0.3) is 6.33 Å². The van der Waals surface area contributed by atoms with Crippen molar-refractivity contribution < 1.29 is 42.7 Å². The minimum absolute atomic E-state index is 0. The molecule has 0 radical (unpaired) electrons. The zero-order valence-corrected chi connectivity index (χ0v) is 40.1. The molecule has 0 aliphatic heterocycles. The number of imidazole rings is 1. The van der Waals surface area contributed by atoms with Crippen molar-refractivity contribution in [2.75, 3.05) is 0 Å². The summed E-state index contributed by atoms with van der Waals surface area (Å²) in [5, 5.41) is 2.05. The molecule has 0 saturated heterocycles. The van der Waals surface area contributed by atoms with E-state index in [9.17, 15) is 8.22 Å². The summed E-state index contributed by atoms with van der Waals surface area (Å²) < 4.78 is 93.5. The van der Waals surface area contributed by atoms with Crippen LogP contribution in [0.15, 0.2) is 164 Å². The van der Waals surface area contributed by atoms with E-state index in [1.807, 2.05) is 89.6 Å². The Morgan fingerprint density at radius 3 is 2.08 bits per heavy atom. The number of aromatic nitrogens is 4. The number of benzene rings is 7. The Bertz CT molecular complexity index is 3790. The van der Waals surface area contributed by atoms with Gasteiger partial charge in [-0.25, -0.2) is 4.98 Å². The fraction of sp³-hybridized carbons (Fsp3) is 0.200. The standard InChI is InChI=1S/C60H54N4O.Pt/c1-40(2)31-42-33-43(32-41(3)4)35-45(34-42)51-23-16-22-50(44-17-9-8-10-18-44)59(51)63-39-62(55-25-13-14-26-56(55)63)47-19-15-20-48(37-47)65-49-27-28-53-52-21-11-12-24-54(52)64(57(53)38-49)58-36-46(29-30-61-58)60(5,6)7;/h8-30,33-36,40-41H,31-32H2,1-7H3;/q-2;/i8D,9D,10D,17D,18D,31D2,32D2;. The van der Waals surface area contributed by atoms with Gasteiger partial charge >= 0.3 is 0 Å². The summed E-state index contributed by atoms with van der Waals surface area (Å²) in [6.45, 7) is 13.7. The molecule has 5 nitrogen and oxygen atoms in total. The zero-order chi connectivity index (χ0) is 52.8. The molecule has 66 heavy (non-hydrogen) atoms. The number of ether oxygens (including phenoxy) is 1. The van der Waals surface area contributed by atoms with Gasteiger partial charge < -0.3 is 13.9 Å². The molecule has 0 bridgehead atoms. The molecular weight excluding hydrogens is 988 g/mol. The molecule has 3 heterocycles. The first-order chi connectivity index (χ1) is 35.1. The maximum Gasteiger partial charge on any atom is 0.268 e. The number of para-hydroxylation sites is 4. The molecule has 0 spiro atoms. The van der Waals surface area contributed by atoms with Gasteiger partial charge in [0.05, 0.1) is 23.6 Å². The fourth-order valence-corrected chi connectivity index (χ4v) is 8.55. The molecule has 332 valence electrons. The molecule has 10 aromatic rings. The van der Waals surface area contributed by atoms with E-state index in [4.69, 9.17) is 13.8 Å². The third-order valence-corrected chi connectivity index (χ3v) is 11.4. The first-order valence-electron chi connectivity index (χ1n) is 26.5. The quantitative estimate of drug-likeness (QED) is 0.0956. The van der Waals surface area contributed by atoms with E-state index >= 15 is 0 Å². The Morgan fingerprint density at radius 2 is 1.35 bits per heavy atom. The Balaban J connectivity index is 0.00000689. The van der Waals surface area contributed by atoms with Crippen LogP contribution in [-0.4, -0.2) is 14.1 Å². The topological polar surface area (TPSA) is 35.9 Å². The molecule has 0 atom stereocenters. The fourth-order valence-electron chi connectivity index (χ4n) is 8.55. The van der Waals surface area contributed by atoms with Crippen LogP contribution in [0.2, 0.25) is 0 Å². The van der Waals surface area contributed by atoms with Crippen LogP contribution >= 0.6 is 0 Å². The predicted molar refractivity (Wildman–Crippen MR) is 267 cm³/mol. The van der Waals surface area contributed by atoms with E-state index in [2.05, 4.69) is 62.0 Å². The van der Waals surface area contributed by atoms with Crippen molar-refractivity contribution in [1.29, 1.82) is 0 Å². The van der Waals surface area contributed by atoms with Crippen molar-refractivity contribution in [1.82, 2.24) is 14.1 Å². The summed E-state index contributed by atoms with van der Waals surface area (Å²) >= 11 is 0. The van der Waals surface area contributed by atoms with Crippen molar-refractivity contribution in [3.05, 3.63) is 199 Å². The first kappa shape index (κ1) is 34.7. The van der Waals surface area contributed by atoms with Crippen LogP contribution in [0, 0.1) is 30.3 Å². The Morgan fingerprint density at radius 1 is 0.682 bits per heavy atom. The molecule has 0 fully saturated rings. The SMILES string of the molecule is [2H]c1c([2H])c([2H])c(-c2cccc(-c3cc(C([2H])([2H])C(C)C)cc(C([2H])([2H])C(C)C)c3)c2-[n+]2[c-]n(-c3[c-]c(Oc4[c-]c5c(cc4)c4ccccc4n5-c4cc(C(C)(C)C)ccn4)ccc3)c3ccccc32)c([2H])c1[2H].[Pt]. The van der Waals surface area contributed by atoms with E-state index in [0.717, 1.165) is 33.2 Å². The van der Waals surface area contributed by atoms with Gasteiger partial charge in [0.2, 0.25) is 0 Å². The number of hydrogen-bond donors (Lipinski definition) is 0. The molecule has 6 heteroatoms. The third-order valence-electron chi connectivity index (χ3n) is 11.4. The van der Waals surface area contributed by atoms with E-state index in [0.29, 0.717) is 50.6 Å². The van der Waals surface area contributed by atoms with Crippen LogP contribution in [-0.2, 0) is 39.2 Å². The minimum atomic E-state index is -1.86. The van der Waals surface area contributed by atoms with E-state index < -0.39 is 54.8 Å². The maximum atomic E-state index is 9.23. The second-order valence-electron chi connectivity index (χ2n) is 18.0. The molecule has 0 aliphatic rings. The minimum Gasteiger partial charge on any atom is -0.510 e. The van der Waals surface area contributed by atoms with Crippen molar-refractivity contribution in [2.24, 2.45) is 11.8 Å². The van der Waals surface area contributed by atoms with Crippen molar-refractivity contribution in [2.45, 2.75) is 66.6 Å². The molecule has 0 N–H and O–H groups in total. The van der Waals surface area contributed by atoms with Crippen LogP contribution in [0.4, 0.5) is 0 Å². The maximum absolute atomic E-state index is 9.23. The predicted octanol–water partition coefficient (Wildman–Crippen LogP) is 14.6. The van der Waals surface area contributed by atoms with Gasteiger partial charge in [-0.15, -0.1) is 29.7 Å². The number of rotatable bonds is 11. The summed E-state index contributed by atoms with van der Waals surface area (Å²) in [4.78, 5) is 4.82. The Hall–Kier alpha value is -6.55. The van der Waals surface area contributed by atoms with Gasteiger partial charge in [-0.05, 0) is 98.2 Å². The summed E-state index contributed by atoms with van der Waals surface area (Å²) in [7, 11) is 0. The van der Waals surface area contributed by atoms with Gasteiger partial charge in [0.15, 0.2) is 0 Å². The van der Waals surface area contributed by atoms with E-state index in [1.54, 1.807) is 62.6 Å². The summed E-state index contributed by atoms with van der Waals surface area (Å²) in [5.74, 6) is 0.692. The van der Waals surface area contributed by atoms with Crippen LogP contribution in [0.25, 0.3) is 72.3 Å². The molecule has 0 unspecified atom stereocenters. The van der Waals surface area contributed by atoms with Gasteiger partial charge in [-0.2, -0.15) is 18.2 Å². The zero-order valence-electron chi connectivity index (χ0n) is 46.9. The van der Waals surface area contributed by atoms with Crippen molar-refractivity contribution in [3.63, 3.8) is 0 Å². The number of pyridine rings is 1. The number of hydrogen-bond acceptors (Lipinski definition) is 2. The van der Waals surface area contributed by atoms with Crippen molar-refractivity contribution in [3.8, 4) is 50.9 Å². The average Bonchev–Trinajstić information content (AvgIpc) is 3.94. The molecular formula is C60H54N4OPt-2. The molecule has 7 aromatic carbocycles. The monoisotopic (exact) mass is 1050 g/mol. The molecule has 0 aliphatic carbocycles. The second kappa shape index (κ2) is 18.4. The van der Waals surface area contributed by atoms with Gasteiger partial charge in [-0.3, -0.25) is 4.57 Å². The average molecular weight is 1050 g/mol. The molecule has 3 aromatic heterocycles. The summed E-state index contributed by atoms with van der Waals surface area (Å²) in [6, 6.07) is 44.5. The number of nitrogens with zero attached hydrogens (tertiary/aromatic N) is 4.